The molecule has 2 rings (SSSR count). The van der Waals surface area contributed by atoms with Crippen LogP contribution in [-0.4, -0.2) is 51.2 Å². The molecule has 1 atom stereocenters. The van der Waals surface area contributed by atoms with Gasteiger partial charge >= 0.3 is 0 Å². The summed E-state index contributed by atoms with van der Waals surface area (Å²) in [7, 11) is -2.42. The average Bonchev–Trinajstić information content (AvgIpc) is 2.45. The van der Waals surface area contributed by atoms with Crippen LogP contribution >= 0.6 is 0 Å². The number of nitrogens with zero attached hydrogens (tertiary/aromatic N) is 2. The Labute approximate surface area is 135 Å². The van der Waals surface area contributed by atoms with E-state index in [2.05, 4.69) is 0 Å². The summed E-state index contributed by atoms with van der Waals surface area (Å²) in [6.45, 7) is 4.07. The number of halogens is 1. The number of benzene rings is 1. The Morgan fingerprint density at radius 1 is 1.52 bits per heavy atom. The SMILES string of the molecule is COC[C@H]1CN(S(=O)(=O)c2ccc(F)cc2C#N)CC(C)(C)O1. The van der Waals surface area contributed by atoms with E-state index in [-0.39, 0.29) is 30.2 Å². The molecule has 0 N–H and O–H groups in total. The number of methoxy groups -OCH3 is 1. The first-order chi connectivity index (χ1) is 10.7. The number of ether oxygens (including phenoxy) is 2. The van der Waals surface area contributed by atoms with Gasteiger partial charge in [0.2, 0.25) is 10.0 Å². The Morgan fingerprint density at radius 2 is 2.22 bits per heavy atom. The molecule has 1 aromatic rings. The zero-order valence-corrected chi connectivity index (χ0v) is 14.1. The van der Waals surface area contributed by atoms with Crippen molar-refractivity contribution >= 4 is 10.0 Å². The quantitative estimate of drug-likeness (QED) is 0.829. The standard InChI is InChI=1S/C15H19FN2O4S/c1-15(2)10-18(8-13(22-15)9-21-3)23(19,20)14-5-4-12(16)6-11(14)7-17/h4-6,13H,8-10H2,1-3H3/t13-/m1/s1. The monoisotopic (exact) mass is 342 g/mol. The molecule has 0 radical (unpaired) electrons. The first-order valence-electron chi connectivity index (χ1n) is 7.06. The maximum atomic E-state index is 13.3. The molecule has 0 bridgehead atoms. The molecule has 1 heterocycles. The lowest BCUT2D eigenvalue weighted by molar-refractivity contribution is -0.135. The highest BCUT2D eigenvalue weighted by molar-refractivity contribution is 7.89. The third kappa shape index (κ3) is 3.87. The smallest absolute Gasteiger partial charge is 0.244 e. The number of sulfonamides is 1. The number of morpholine rings is 1. The van der Waals surface area contributed by atoms with Gasteiger partial charge in [-0.25, -0.2) is 12.8 Å². The fraction of sp³-hybridized carbons (Fsp3) is 0.533. The third-order valence-electron chi connectivity index (χ3n) is 3.48. The second-order valence-corrected chi connectivity index (χ2v) is 7.91. The van der Waals surface area contributed by atoms with Crippen LogP contribution in [0.3, 0.4) is 0 Å². The molecule has 0 amide bonds. The van der Waals surface area contributed by atoms with E-state index in [0.717, 1.165) is 18.2 Å². The van der Waals surface area contributed by atoms with Crippen molar-refractivity contribution in [3.8, 4) is 6.07 Å². The minimum Gasteiger partial charge on any atom is -0.382 e. The van der Waals surface area contributed by atoms with Crippen LogP contribution in [-0.2, 0) is 19.5 Å². The number of hydrogen-bond donors (Lipinski definition) is 0. The Morgan fingerprint density at radius 3 is 2.83 bits per heavy atom. The lowest BCUT2D eigenvalue weighted by atomic mass is 10.1. The minimum absolute atomic E-state index is 0.113. The third-order valence-corrected chi connectivity index (χ3v) is 5.35. The largest absolute Gasteiger partial charge is 0.382 e. The van der Waals surface area contributed by atoms with Gasteiger partial charge in [0.15, 0.2) is 0 Å². The fourth-order valence-electron chi connectivity index (χ4n) is 2.65. The highest BCUT2D eigenvalue weighted by Gasteiger charge is 2.40. The van der Waals surface area contributed by atoms with Gasteiger partial charge in [-0.2, -0.15) is 9.57 Å². The molecule has 0 spiro atoms. The maximum absolute atomic E-state index is 13.3. The molecular weight excluding hydrogens is 323 g/mol. The van der Waals surface area contributed by atoms with E-state index in [9.17, 15) is 12.8 Å². The Kier molecular flexibility index (Phi) is 5.06. The van der Waals surface area contributed by atoms with Crippen molar-refractivity contribution in [2.24, 2.45) is 0 Å². The normalized spacial score (nSPS) is 21.8. The van der Waals surface area contributed by atoms with Gasteiger partial charge in [0.05, 0.1) is 23.9 Å². The summed E-state index contributed by atoms with van der Waals surface area (Å²) in [5.41, 5.74) is -0.904. The average molecular weight is 342 g/mol. The van der Waals surface area contributed by atoms with E-state index < -0.39 is 27.5 Å². The van der Waals surface area contributed by atoms with E-state index in [1.54, 1.807) is 19.9 Å². The number of rotatable bonds is 4. The van der Waals surface area contributed by atoms with E-state index in [0.29, 0.717) is 0 Å². The zero-order valence-electron chi connectivity index (χ0n) is 13.2. The summed E-state index contributed by atoms with van der Waals surface area (Å²) in [5.74, 6) is -0.653. The second-order valence-electron chi connectivity index (χ2n) is 6.00. The summed E-state index contributed by atoms with van der Waals surface area (Å²) in [6.07, 6.45) is -0.412. The first kappa shape index (κ1) is 17.8. The van der Waals surface area contributed by atoms with E-state index in [1.807, 2.05) is 0 Å². The van der Waals surface area contributed by atoms with Crippen LogP contribution < -0.4 is 0 Å². The van der Waals surface area contributed by atoms with Crippen molar-refractivity contribution in [1.29, 1.82) is 5.26 Å². The molecule has 0 unspecified atom stereocenters. The van der Waals surface area contributed by atoms with Gasteiger partial charge in [-0.15, -0.1) is 0 Å². The first-order valence-corrected chi connectivity index (χ1v) is 8.50. The van der Waals surface area contributed by atoms with Crippen molar-refractivity contribution in [3.05, 3.63) is 29.6 Å². The molecule has 6 nitrogen and oxygen atoms in total. The van der Waals surface area contributed by atoms with Gasteiger partial charge in [-0.05, 0) is 32.0 Å². The van der Waals surface area contributed by atoms with Crippen LogP contribution in [0.2, 0.25) is 0 Å². The Bertz CT molecular complexity index is 727. The van der Waals surface area contributed by atoms with Gasteiger partial charge < -0.3 is 9.47 Å². The molecule has 1 aromatic carbocycles. The van der Waals surface area contributed by atoms with Gasteiger partial charge in [0, 0.05) is 20.2 Å². The Balaban J connectivity index is 2.41. The molecular formula is C15H19FN2O4S. The molecule has 0 aromatic heterocycles. The molecule has 0 aliphatic carbocycles. The number of hydrogen-bond acceptors (Lipinski definition) is 5. The van der Waals surface area contributed by atoms with E-state index in [4.69, 9.17) is 14.7 Å². The van der Waals surface area contributed by atoms with Crippen LogP contribution in [0, 0.1) is 17.1 Å². The lowest BCUT2D eigenvalue weighted by Crippen LogP contribution is -2.55. The van der Waals surface area contributed by atoms with Crippen molar-refractivity contribution in [3.63, 3.8) is 0 Å². The molecule has 1 aliphatic heterocycles. The topological polar surface area (TPSA) is 79.6 Å². The molecule has 1 aliphatic rings. The van der Waals surface area contributed by atoms with Crippen LogP contribution in [0.4, 0.5) is 4.39 Å². The van der Waals surface area contributed by atoms with Crippen molar-refractivity contribution in [2.45, 2.75) is 30.4 Å². The fourth-order valence-corrected chi connectivity index (χ4v) is 4.40. The predicted molar refractivity (Wildman–Crippen MR) is 80.7 cm³/mol. The summed E-state index contributed by atoms with van der Waals surface area (Å²) in [5, 5.41) is 9.10. The minimum atomic E-state index is -3.94. The Hall–Kier alpha value is -1.53. The molecule has 1 fully saturated rings. The van der Waals surface area contributed by atoms with Crippen LogP contribution in [0.5, 0.6) is 0 Å². The molecule has 0 saturated carbocycles. The molecule has 8 heteroatoms. The van der Waals surface area contributed by atoms with Crippen molar-refractivity contribution in [1.82, 2.24) is 4.31 Å². The van der Waals surface area contributed by atoms with Gasteiger partial charge in [0.25, 0.3) is 0 Å². The van der Waals surface area contributed by atoms with E-state index >= 15 is 0 Å². The second kappa shape index (κ2) is 6.53. The van der Waals surface area contributed by atoms with Crippen LogP contribution in [0.1, 0.15) is 19.4 Å². The summed E-state index contributed by atoms with van der Waals surface area (Å²) in [4.78, 5) is -0.199. The molecule has 23 heavy (non-hydrogen) atoms. The molecule has 1 saturated heterocycles. The van der Waals surface area contributed by atoms with Crippen molar-refractivity contribution in [2.75, 3.05) is 26.8 Å². The summed E-state index contributed by atoms with van der Waals surface area (Å²) >= 11 is 0. The van der Waals surface area contributed by atoms with Crippen LogP contribution in [0.25, 0.3) is 0 Å². The van der Waals surface area contributed by atoms with Gasteiger partial charge in [-0.3, -0.25) is 0 Å². The van der Waals surface area contributed by atoms with Gasteiger partial charge in [0.1, 0.15) is 16.8 Å². The van der Waals surface area contributed by atoms with Crippen molar-refractivity contribution < 1.29 is 22.3 Å². The summed E-state index contributed by atoms with van der Waals surface area (Å²) in [6, 6.07) is 4.81. The van der Waals surface area contributed by atoms with Crippen LogP contribution in [0.15, 0.2) is 23.1 Å². The lowest BCUT2D eigenvalue weighted by Gasteiger charge is -2.41. The highest BCUT2D eigenvalue weighted by Crippen LogP contribution is 2.28. The summed E-state index contributed by atoms with van der Waals surface area (Å²) < 4.78 is 51.1. The van der Waals surface area contributed by atoms with E-state index in [1.165, 1.54) is 11.4 Å². The maximum Gasteiger partial charge on any atom is 0.244 e. The predicted octanol–water partition coefficient (Wildman–Crippen LogP) is 1.51. The zero-order chi connectivity index (χ0) is 17.3. The number of nitriles is 1. The van der Waals surface area contributed by atoms with Gasteiger partial charge in [-0.1, -0.05) is 0 Å². The highest BCUT2D eigenvalue weighted by atomic mass is 32.2. The molecule has 126 valence electrons.